The molecule has 1 amide bonds. The van der Waals surface area contributed by atoms with Crippen molar-refractivity contribution in [1.82, 2.24) is 4.31 Å². The molecule has 1 aliphatic heterocycles. The van der Waals surface area contributed by atoms with E-state index in [4.69, 9.17) is 0 Å². The third-order valence-corrected chi connectivity index (χ3v) is 7.38. The van der Waals surface area contributed by atoms with Gasteiger partial charge in [-0.2, -0.15) is 4.31 Å². The van der Waals surface area contributed by atoms with Crippen molar-refractivity contribution in [3.8, 4) is 0 Å². The number of nitrogens with zero attached hydrogens (tertiary/aromatic N) is 1. The van der Waals surface area contributed by atoms with Crippen molar-refractivity contribution in [2.45, 2.75) is 25.7 Å². The van der Waals surface area contributed by atoms with Gasteiger partial charge in [0, 0.05) is 5.69 Å². The van der Waals surface area contributed by atoms with Gasteiger partial charge in [-0.3, -0.25) is 4.79 Å². The molecule has 29 heavy (non-hydrogen) atoms. The molecule has 8 heteroatoms. The summed E-state index contributed by atoms with van der Waals surface area (Å²) in [5.74, 6) is -0.529. The lowest BCUT2D eigenvalue weighted by molar-refractivity contribution is -0.895. The van der Waals surface area contributed by atoms with Crippen molar-refractivity contribution >= 4 is 21.6 Å². The number of aryl methyl sites for hydroxylation is 3. The highest BCUT2D eigenvalue weighted by Gasteiger charge is 2.33. The van der Waals surface area contributed by atoms with E-state index in [9.17, 15) is 17.6 Å². The van der Waals surface area contributed by atoms with Crippen LogP contribution in [0.1, 0.15) is 16.7 Å². The van der Waals surface area contributed by atoms with Gasteiger partial charge in [-0.15, -0.1) is 0 Å². The van der Waals surface area contributed by atoms with Crippen molar-refractivity contribution in [3.05, 3.63) is 58.9 Å². The molecule has 6 nitrogen and oxygen atoms in total. The number of halogens is 1. The Labute approximate surface area is 171 Å². The molecule has 0 aromatic heterocycles. The molecule has 2 aromatic rings. The SMILES string of the molecule is Cc1cc(C)c(S(=O)(=O)N2CC[NH+](CC(=O)Nc3ccc(F)cc3)CC2)c(C)c1. The standard InChI is InChI=1S/C21H26FN3O3S/c1-15-12-16(2)21(17(3)13-15)29(27,28)25-10-8-24(9-11-25)14-20(26)23-19-6-4-18(22)5-7-19/h4-7,12-13H,8-11,14H2,1-3H3,(H,23,26)/p+1. The predicted molar refractivity (Wildman–Crippen MR) is 110 cm³/mol. The molecule has 1 saturated heterocycles. The van der Waals surface area contributed by atoms with Crippen molar-refractivity contribution in [2.24, 2.45) is 0 Å². The Bertz CT molecular complexity index is 975. The Morgan fingerprint density at radius 1 is 1.07 bits per heavy atom. The smallest absolute Gasteiger partial charge is 0.279 e. The Hall–Kier alpha value is -2.29. The van der Waals surface area contributed by atoms with E-state index in [1.165, 1.54) is 28.6 Å². The molecule has 2 aromatic carbocycles. The van der Waals surface area contributed by atoms with E-state index in [0.717, 1.165) is 21.6 Å². The summed E-state index contributed by atoms with van der Waals surface area (Å²) in [7, 11) is -3.56. The van der Waals surface area contributed by atoms with E-state index in [-0.39, 0.29) is 18.3 Å². The van der Waals surface area contributed by atoms with E-state index in [1.807, 2.05) is 32.9 Å². The van der Waals surface area contributed by atoms with Crippen LogP contribution in [0, 0.1) is 26.6 Å². The number of hydrogen-bond donors (Lipinski definition) is 2. The molecule has 0 unspecified atom stereocenters. The Morgan fingerprint density at radius 3 is 2.17 bits per heavy atom. The van der Waals surface area contributed by atoms with Crippen LogP contribution in [0.15, 0.2) is 41.3 Å². The van der Waals surface area contributed by atoms with Crippen molar-refractivity contribution < 1.29 is 22.5 Å². The van der Waals surface area contributed by atoms with Gasteiger partial charge in [0.15, 0.2) is 6.54 Å². The fraction of sp³-hybridized carbons (Fsp3) is 0.381. The first-order valence-corrected chi connectivity index (χ1v) is 11.1. The number of anilines is 1. The average molecular weight is 421 g/mol. The van der Waals surface area contributed by atoms with Crippen LogP contribution in [0.5, 0.6) is 0 Å². The molecule has 0 spiro atoms. The van der Waals surface area contributed by atoms with Gasteiger partial charge in [-0.1, -0.05) is 17.7 Å². The summed E-state index contributed by atoms with van der Waals surface area (Å²) >= 11 is 0. The number of amides is 1. The van der Waals surface area contributed by atoms with Gasteiger partial charge >= 0.3 is 0 Å². The maximum absolute atomic E-state index is 13.1. The van der Waals surface area contributed by atoms with Crippen LogP contribution in [0.2, 0.25) is 0 Å². The molecule has 0 atom stereocenters. The number of rotatable bonds is 5. The first-order chi connectivity index (χ1) is 13.7. The largest absolute Gasteiger partial charge is 0.325 e. The molecule has 3 rings (SSSR count). The Morgan fingerprint density at radius 2 is 1.62 bits per heavy atom. The number of nitrogens with one attached hydrogen (secondary N) is 2. The maximum atomic E-state index is 13.1. The predicted octanol–water partition coefficient (Wildman–Crippen LogP) is 1.28. The van der Waals surface area contributed by atoms with Crippen molar-refractivity contribution in [1.29, 1.82) is 0 Å². The monoisotopic (exact) mass is 420 g/mol. The second-order valence-corrected chi connectivity index (χ2v) is 9.49. The molecule has 0 saturated carbocycles. The second kappa shape index (κ2) is 8.61. The van der Waals surface area contributed by atoms with E-state index < -0.39 is 10.0 Å². The van der Waals surface area contributed by atoms with Gasteiger partial charge in [0.2, 0.25) is 10.0 Å². The molecule has 0 bridgehead atoms. The van der Waals surface area contributed by atoms with Crippen molar-refractivity contribution in [3.63, 3.8) is 0 Å². The van der Waals surface area contributed by atoms with Gasteiger partial charge in [0.1, 0.15) is 5.82 Å². The number of carbonyl (C=O) groups is 1. The van der Waals surface area contributed by atoms with E-state index in [0.29, 0.717) is 36.8 Å². The molecule has 1 fully saturated rings. The Balaban J connectivity index is 1.60. The van der Waals surface area contributed by atoms with Crippen LogP contribution in [-0.4, -0.2) is 51.4 Å². The summed E-state index contributed by atoms with van der Waals surface area (Å²) in [4.78, 5) is 13.6. The van der Waals surface area contributed by atoms with Crippen LogP contribution in [0.25, 0.3) is 0 Å². The average Bonchev–Trinajstić information content (AvgIpc) is 2.63. The molecule has 0 radical (unpaired) electrons. The summed E-state index contributed by atoms with van der Waals surface area (Å²) in [5.41, 5.74) is 3.11. The van der Waals surface area contributed by atoms with E-state index in [2.05, 4.69) is 5.32 Å². The van der Waals surface area contributed by atoms with E-state index in [1.54, 1.807) is 0 Å². The lowest BCUT2D eigenvalue weighted by Gasteiger charge is -2.32. The van der Waals surface area contributed by atoms with Gasteiger partial charge < -0.3 is 10.2 Å². The number of benzene rings is 2. The topological polar surface area (TPSA) is 70.9 Å². The normalized spacial score (nSPS) is 16.0. The van der Waals surface area contributed by atoms with Crippen LogP contribution < -0.4 is 10.2 Å². The number of sulfonamides is 1. The summed E-state index contributed by atoms with van der Waals surface area (Å²) in [5, 5.41) is 2.75. The lowest BCUT2D eigenvalue weighted by atomic mass is 10.1. The summed E-state index contributed by atoms with van der Waals surface area (Å²) in [6, 6.07) is 9.39. The van der Waals surface area contributed by atoms with Gasteiger partial charge in [0.25, 0.3) is 5.91 Å². The Kier molecular flexibility index (Phi) is 6.36. The van der Waals surface area contributed by atoms with Gasteiger partial charge in [0.05, 0.1) is 31.1 Å². The maximum Gasteiger partial charge on any atom is 0.279 e. The fourth-order valence-corrected chi connectivity index (χ4v) is 5.74. The highest BCUT2D eigenvalue weighted by Crippen LogP contribution is 2.25. The zero-order valence-corrected chi connectivity index (χ0v) is 17.8. The number of piperazine rings is 1. The lowest BCUT2D eigenvalue weighted by Crippen LogP contribution is -3.15. The number of hydrogen-bond acceptors (Lipinski definition) is 3. The quantitative estimate of drug-likeness (QED) is 0.766. The molecule has 1 heterocycles. The molecule has 1 aliphatic rings. The van der Waals surface area contributed by atoms with Crippen LogP contribution in [-0.2, 0) is 14.8 Å². The zero-order valence-electron chi connectivity index (χ0n) is 17.0. The second-order valence-electron chi connectivity index (χ2n) is 7.61. The number of carbonyl (C=O) groups excluding carboxylic acids is 1. The summed E-state index contributed by atoms with van der Waals surface area (Å²) in [6.45, 7) is 7.70. The van der Waals surface area contributed by atoms with E-state index >= 15 is 0 Å². The summed E-state index contributed by atoms with van der Waals surface area (Å²) < 4.78 is 40.8. The first kappa shape index (κ1) is 21.4. The molecule has 0 aliphatic carbocycles. The number of quaternary nitrogens is 1. The third-order valence-electron chi connectivity index (χ3n) is 5.17. The highest BCUT2D eigenvalue weighted by molar-refractivity contribution is 7.89. The highest BCUT2D eigenvalue weighted by atomic mass is 32.2. The molecular formula is C21H27FN3O3S+. The van der Waals surface area contributed by atoms with Gasteiger partial charge in [-0.05, 0) is 56.2 Å². The fourth-order valence-electron chi connectivity index (χ4n) is 3.89. The minimum absolute atomic E-state index is 0.173. The third kappa shape index (κ3) is 5.01. The van der Waals surface area contributed by atoms with Crippen LogP contribution in [0.4, 0.5) is 10.1 Å². The molecular weight excluding hydrogens is 393 g/mol. The first-order valence-electron chi connectivity index (χ1n) is 9.64. The molecule has 156 valence electrons. The van der Waals surface area contributed by atoms with Crippen LogP contribution >= 0.6 is 0 Å². The van der Waals surface area contributed by atoms with Gasteiger partial charge in [-0.25, -0.2) is 12.8 Å². The molecule has 2 N–H and O–H groups in total. The van der Waals surface area contributed by atoms with Crippen LogP contribution in [0.3, 0.4) is 0 Å². The van der Waals surface area contributed by atoms with Crippen molar-refractivity contribution in [2.75, 3.05) is 38.0 Å². The zero-order chi connectivity index (χ0) is 21.2. The summed E-state index contributed by atoms with van der Waals surface area (Å²) in [6.07, 6.45) is 0. The minimum atomic E-state index is -3.56. The minimum Gasteiger partial charge on any atom is -0.325 e.